The van der Waals surface area contributed by atoms with Crippen LogP contribution < -0.4 is 10.1 Å². The number of hydrogen-bond acceptors (Lipinski definition) is 8. The van der Waals surface area contributed by atoms with Crippen molar-refractivity contribution in [2.75, 3.05) is 25.5 Å². The Morgan fingerprint density at radius 2 is 1.94 bits per heavy atom. The van der Waals surface area contributed by atoms with Gasteiger partial charge in [-0.15, -0.1) is 10.2 Å². The van der Waals surface area contributed by atoms with E-state index in [1.165, 1.54) is 12.1 Å². The molecule has 10 heteroatoms. The van der Waals surface area contributed by atoms with E-state index in [1.807, 2.05) is 30.9 Å². The largest absolute Gasteiger partial charge is 0.495 e. The standard InChI is InChI=1S/C21H23N5O5/c1-4-25(13-19(27)22-17-7-5-6-8-18(17)30-3)14(2)20-23-24-21(31-20)15-9-11-16(12-10-15)26(28)29/h5-12,14H,4,13H2,1-3H3,(H,22,27). The van der Waals surface area contributed by atoms with Crippen LogP contribution in [0.3, 0.4) is 0 Å². The minimum Gasteiger partial charge on any atom is -0.495 e. The summed E-state index contributed by atoms with van der Waals surface area (Å²) < 4.78 is 11.0. The van der Waals surface area contributed by atoms with Crippen LogP contribution in [0.4, 0.5) is 11.4 Å². The van der Waals surface area contributed by atoms with E-state index in [9.17, 15) is 14.9 Å². The molecular formula is C21H23N5O5. The Kier molecular flexibility index (Phi) is 6.93. The number of nitrogens with zero attached hydrogens (tertiary/aromatic N) is 4. The van der Waals surface area contributed by atoms with Crippen LogP contribution in [0.1, 0.15) is 25.8 Å². The lowest BCUT2D eigenvalue weighted by Gasteiger charge is -2.24. The second-order valence-electron chi connectivity index (χ2n) is 6.74. The number of non-ortho nitro benzene ring substituents is 1. The van der Waals surface area contributed by atoms with Gasteiger partial charge in [-0.3, -0.25) is 19.8 Å². The Balaban J connectivity index is 1.68. The molecular weight excluding hydrogens is 402 g/mol. The molecule has 0 saturated heterocycles. The van der Waals surface area contributed by atoms with Gasteiger partial charge in [0.1, 0.15) is 5.75 Å². The number of nitro benzene ring substituents is 1. The number of ether oxygens (including phenoxy) is 1. The second-order valence-corrected chi connectivity index (χ2v) is 6.74. The summed E-state index contributed by atoms with van der Waals surface area (Å²) in [7, 11) is 1.55. The Bertz CT molecular complexity index is 1050. The Morgan fingerprint density at radius 3 is 2.58 bits per heavy atom. The maximum atomic E-state index is 12.6. The fourth-order valence-corrected chi connectivity index (χ4v) is 3.05. The van der Waals surface area contributed by atoms with E-state index in [-0.39, 0.29) is 30.1 Å². The van der Waals surface area contributed by atoms with Gasteiger partial charge < -0.3 is 14.5 Å². The van der Waals surface area contributed by atoms with Gasteiger partial charge in [-0.25, -0.2) is 0 Å². The highest BCUT2D eigenvalue weighted by molar-refractivity contribution is 5.93. The van der Waals surface area contributed by atoms with Gasteiger partial charge in [-0.05, 0) is 37.7 Å². The number of hydrogen-bond donors (Lipinski definition) is 1. The molecule has 1 aromatic heterocycles. The molecule has 3 aromatic rings. The number of likely N-dealkylation sites (N-methyl/N-ethyl adjacent to an activating group) is 1. The van der Waals surface area contributed by atoms with Crippen molar-refractivity contribution < 1.29 is 18.9 Å². The van der Waals surface area contributed by atoms with Gasteiger partial charge in [-0.1, -0.05) is 19.1 Å². The molecule has 1 unspecified atom stereocenters. The Morgan fingerprint density at radius 1 is 1.23 bits per heavy atom. The highest BCUT2D eigenvalue weighted by Gasteiger charge is 2.23. The fraction of sp³-hybridized carbons (Fsp3) is 0.286. The molecule has 3 rings (SSSR count). The van der Waals surface area contributed by atoms with Gasteiger partial charge in [0.2, 0.25) is 17.7 Å². The second kappa shape index (κ2) is 9.81. The van der Waals surface area contributed by atoms with E-state index in [0.29, 0.717) is 29.4 Å². The van der Waals surface area contributed by atoms with E-state index in [1.54, 1.807) is 31.4 Å². The van der Waals surface area contributed by atoms with Crippen molar-refractivity contribution in [2.45, 2.75) is 19.9 Å². The normalized spacial score (nSPS) is 11.9. The van der Waals surface area contributed by atoms with Gasteiger partial charge in [0.15, 0.2) is 0 Å². The number of para-hydroxylation sites is 2. The molecule has 1 amide bonds. The van der Waals surface area contributed by atoms with E-state index < -0.39 is 4.92 Å². The maximum Gasteiger partial charge on any atom is 0.269 e. The first kappa shape index (κ1) is 21.9. The highest BCUT2D eigenvalue weighted by atomic mass is 16.6. The first-order chi connectivity index (χ1) is 14.9. The minimum absolute atomic E-state index is 0.0185. The minimum atomic E-state index is -0.472. The maximum absolute atomic E-state index is 12.6. The van der Waals surface area contributed by atoms with Crippen molar-refractivity contribution in [2.24, 2.45) is 0 Å². The molecule has 0 aliphatic rings. The van der Waals surface area contributed by atoms with Crippen molar-refractivity contribution in [1.29, 1.82) is 0 Å². The molecule has 0 aliphatic heterocycles. The SMILES string of the molecule is CCN(CC(=O)Nc1ccccc1OC)C(C)c1nnc(-c2ccc([N+](=O)[O-])cc2)o1. The third-order valence-electron chi connectivity index (χ3n) is 4.80. The van der Waals surface area contributed by atoms with Gasteiger partial charge in [0, 0.05) is 17.7 Å². The number of methoxy groups -OCH3 is 1. The summed E-state index contributed by atoms with van der Waals surface area (Å²) in [5.41, 5.74) is 1.15. The molecule has 162 valence electrons. The number of nitro groups is 1. The van der Waals surface area contributed by atoms with Crippen molar-refractivity contribution in [3.63, 3.8) is 0 Å². The van der Waals surface area contributed by atoms with Gasteiger partial charge in [0.25, 0.3) is 5.69 Å². The van der Waals surface area contributed by atoms with Crippen LogP contribution in [-0.4, -0.2) is 46.1 Å². The fourth-order valence-electron chi connectivity index (χ4n) is 3.05. The lowest BCUT2D eigenvalue weighted by atomic mass is 10.2. The van der Waals surface area contributed by atoms with Crippen molar-refractivity contribution in [3.05, 3.63) is 64.5 Å². The summed E-state index contributed by atoms with van der Waals surface area (Å²) in [6.45, 7) is 4.49. The first-order valence-electron chi connectivity index (χ1n) is 9.68. The number of nitrogens with one attached hydrogen (secondary N) is 1. The summed E-state index contributed by atoms with van der Waals surface area (Å²) in [6.07, 6.45) is 0. The van der Waals surface area contributed by atoms with Crippen molar-refractivity contribution in [1.82, 2.24) is 15.1 Å². The molecule has 1 heterocycles. The molecule has 31 heavy (non-hydrogen) atoms. The topological polar surface area (TPSA) is 124 Å². The average Bonchev–Trinajstić information content (AvgIpc) is 3.27. The zero-order valence-electron chi connectivity index (χ0n) is 17.4. The number of carbonyl (C=O) groups is 1. The molecule has 1 atom stereocenters. The molecule has 1 N–H and O–H groups in total. The Hall–Kier alpha value is -3.79. The quantitative estimate of drug-likeness (QED) is 0.407. The average molecular weight is 425 g/mol. The monoisotopic (exact) mass is 425 g/mol. The summed E-state index contributed by atoms with van der Waals surface area (Å²) in [6, 6.07) is 12.7. The van der Waals surface area contributed by atoms with Gasteiger partial charge in [0.05, 0.1) is 30.3 Å². The predicted molar refractivity (Wildman–Crippen MR) is 114 cm³/mol. The third kappa shape index (κ3) is 5.23. The lowest BCUT2D eigenvalue weighted by Crippen LogP contribution is -2.35. The molecule has 0 saturated carbocycles. The summed E-state index contributed by atoms with van der Waals surface area (Å²) in [5.74, 6) is 0.983. The van der Waals surface area contributed by atoms with Gasteiger partial charge >= 0.3 is 0 Å². The smallest absolute Gasteiger partial charge is 0.269 e. The first-order valence-corrected chi connectivity index (χ1v) is 9.68. The zero-order chi connectivity index (χ0) is 22.4. The van der Waals surface area contributed by atoms with E-state index >= 15 is 0 Å². The Labute approximate surface area is 179 Å². The molecule has 10 nitrogen and oxygen atoms in total. The third-order valence-corrected chi connectivity index (χ3v) is 4.80. The van der Waals surface area contributed by atoms with Crippen LogP contribution in [-0.2, 0) is 4.79 Å². The predicted octanol–water partition coefficient (Wildman–Crippen LogP) is 3.68. The van der Waals surface area contributed by atoms with Crippen molar-refractivity contribution >= 4 is 17.3 Å². The van der Waals surface area contributed by atoms with E-state index in [4.69, 9.17) is 9.15 Å². The van der Waals surface area contributed by atoms with E-state index in [2.05, 4.69) is 15.5 Å². The number of benzene rings is 2. The van der Waals surface area contributed by atoms with Crippen LogP contribution in [0.5, 0.6) is 5.75 Å². The number of rotatable bonds is 9. The molecule has 2 aromatic carbocycles. The van der Waals surface area contributed by atoms with Crippen LogP contribution >= 0.6 is 0 Å². The highest BCUT2D eigenvalue weighted by Crippen LogP contribution is 2.26. The van der Waals surface area contributed by atoms with Crippen LogP contribution in [0.15, 0.2) is 52.9 Å². The summed E-state index contributed by atoms with van der Waals surface area (Å²) in [4.78, 5) is 24.8. The van der Waals surface area contributed by atoms with Crippen LogP contribution in [0.2, 0.25) is 0 Å². The van der Waals surface area contributed by atoms with Crippen LogP contribution in [0.25, 0.3) is 11.5 Å². The molecule has 0 fully saturated rings. The molecule has 0 radical (unpaired) electrons. The van der Waals surface area contributed by atoms with Crippen LogP contribution in [0, 0.1) is 10.1 Å². The molecule has 0 aliphatic carbocycles. The molecule has 0 spiro atoms. The van der Waals surface area contributed by atoms with E-state index in [0.717, 1.165) is 0 Å². The number of anilines is 1. The summed E-state index contributed by atoms with van der Waals surface area (Å²) >= 11 is 0. The number of aromatic nitrogens is 2. The van der Waals surface area contributed by atoms with Gasteiger partial charge in [-0.2, -0.15) is 0 Å². The number of amides is 1. The van der Waals surface area contributed by atoms with Crippen molar-refractivity contribution in [3.8, 4) is 17.2 Å². The number of carbonyl (C=O) groups excluding carboxylic acids is 1. The lowest BCUT2D eigenvalue weighted by molar-refractivity contribution is -0.384. The molecule has 0 bridgehead atoms. The summed E-state index contributed by atoms with van der Waals surface area (Å²) in [5, 5.41) is 21.8. The zero-order valence-corrected chi connectivity index (χ0v) is 17.4.